The lowest BCUT2D eigenvalue weighted by molar-refractivity contribution is -0.118. The number of aromatic nitrogens is 2. The van der Waals surface area contributed by atoms with Crippen LogP contribution in [0.15, 0.2) is 58.4 Å². The quantitative estimate of drug-likeness (QED) is 0.469. The Labute approximate surface area is 147 Å². The normalized spacial score (nSPS) is 14.5. The van der Waals surface area contributed by atoms with Crippen LogP contribution in [0, 0.1) is 11.3 Å². The fraction of sp³-hybridized carbons (Fsp3) is 0.118. The molecule has 25 heavy (non-hydrogen) atoms. The second-order valence-electron chi connectivity index (χ2n) is 5.01. The fourth-order valence-corrected chi connectivity index (χ4v) is 3.39. The highest BCUT2D eigenvalue weighted by atomic mass is 32.2. The maximum absolute atomic E-state index is 12.4. The average molecular weight is 352 g/mol. The van der Waals surface area contributed by atoms with Crippen molar-refractivity contribution < 1.29 is 14.3 Å². The van der Waals surface area contributed by atoms with Crippen LogP contribution in [0.4, 0.5) is 5.69 Å². The Morgan fingerprint density at radius 2 is 2.12 bits per heavy atom. The van der Waals surface area contributed by atoms with Crippen LogP contribution in [0.1, 0.15) is 10.5 Å². The fourth-order valence-electron chi connectivity index (χ4n) is 2.23. The van der Waals surface area contributed by atoms with Crippen molar-refractivity contribution in [3.05, 3.63) is 59.2 Å². The summed E-state index contributed by atoms with van der Waals surface area (Å²) in [5.41, 5.74) is 0.872. The molecule has 7 nitrogen and oxygen atoms in total. The molecule has 0 unspecified atom stereocenters. The number of benzene rings is 1. The minimum Gasteiger partial charge on any atom is -0.452 e. The first-order chi connectivity index (χ1) is 12.1. The first-order valence-electron chi connectivity index (χ1n) is 7.23. The van der Waals surface area contributed by atoms with Gasteiger partial charge >= 0.3 is 5.97 Å². The third kappa shape index (κ3) is 3.36. The van der Waals surface area contributed by atoms with Gasteiger partial charge in [0.1, 0.15) is 16.7 Å². The Morgan fingerprint density at radius 1 is 1.32 bits per heavy atom. The predicted octanol–water partition coefficient (Wildman–Crippen LogP) is 2.18. The summed E-state index contributed by atoms with van der Waals surface area (Å²) in [4.78, 5) is 34.5. The second kappa shape index (κ2) is 7.15. The van der Waals surface area contributed by atoms with Gasteiger partial charge in [0.2, 0.25) is 5.78 Å². The molecule has 0 saturated carbocycles. The molecular formula is C17H12N4O3S. The molecule has 0 radical (unpaired) electrons. The summed E-state index contributed by atoms with van der Waals surface area (Å²) in [7, 11) is 1.78. The molecule has 0 aliphatic carbocycles. The van der Waals surface area contributed by atoms with Crippen LogP contribution < -0.4 is 4.90 Å². The van der Waals surface area contributed by atoms with Gasteiger partial charge in [0, 0.05) is 24.3 Å². The van der Waals surface area contributed by atoms with Gasteiger partial charge in [0.25, 0.3) is 0 Å². The van der Waals surface area contributed by atoms with E-state index in [0.29, 0.717) is 5.03 Å². The molecule has 1 aliphatic rings. The zero-order valence-electron chi connectivity index (χ0n) is 13.2. The number of nitrogens with zero attached hydrogens (tertiary/aromatic N) is 4. The number of para-hydroxylation sites is 1. The molecule has 2 aromatic rings. The molecule has 1 aromatic carbocycles. The van der Waals surface area contributed by atoms with Crippen LogP contribution in [0.25, 0.3) is 0 Å². The topological polar surface area (TPSA) is 96.2 Å². The van der Waals surface area contributed by atoms with Crippen molar-refractivity contribution in [1.29, 1.82) is 5.26 Å². The number of nitriles is 1. The Kier molecular flexibility index (Phi) is 4.77. The van der Waals surface area contributed by atoms with E-state index in [2.05, 4.69) is 9.97 Å². The number of anilines is 1. The summed E-state index contributed by atoms with van der Waals surface area (Å²) >= 11 is 1.34. The monoisotopic (exact) mass is 352 g/mol. The molecule has 0 spiro atoms. The van der Waals surface area contributed by atoms with Gasteiger partial charge in [-0.15, -0.1) is 0 Å². The Morgan fingerprint density at radius 3 is 2.80 bits per heavy atom. The zero-order valence-corrected chi connectivity index (χ0v) is 14.0. The molecule has 3 rings (SSSR count). The Balaban J connectivity index is 1.75. The van der Waals surface area contributed by atoms with Gasteiger partial charge in [0.15, 0.2) is 12.3 Å². The largest absolute Gasteiger partial charge is 0.452 e. The number of hydrogen-bond donors (Lipinski definition) is 0. The summed E-state index contributed by atoms with van der Waals surface area (Å²) < 4.78 is 4.94. The number of ether oxygens (including phenoxy) is 1. The molecule has 0 amide bonds. The van der Waals surface area contributed by atoms with Crippen molar-refractivity contribution in [2.24, 2.45) is 0 Å². The molecule has 0 N–H and O–H groups in total. The van der Waals surface area contributed by atoms with Gasteiger partial charge in [-0.05, 0) is 12.1 Å². The van der Waals surface area contributed by atoms with Crippen LogP contribution in [-0.2, 0) is 9.53 Å². The summed E-state index contributed by atoms with van der Waals surface area (Å²) in [6.45, 7) is -0.535. The first-order valence-corrected chi connectivity index (χ1v) is 8.04. The van der Waals surface area contributed by atoms with Gasteiger partial charge in [-0.1, -0.05) is 23.9 Å². The van der Waals surface area contributed by atoms with Gasteiger partial charge < -0.3 is 9.64 Å². The first kappa shape index (κ1) is 16.7. The number of fused-ring (bicyclic) bond motifs is 1. The number of ketones is 1. The molecule has 2 heterocycles. The number of hydrogen-bond acceptors (Lipinski definition) is 8. The molecule has 0 fully saturated rings. The summed E-state index contributed by atoms with van der Waals surface area (Å²) in [5, 5.41) is 9.92. The lowest BCUT2D eigenvalue weighted by Gasteiger charge is -2.14. The van der Waals surface area contributed by atoms with E-state index in [4.69, 9.17) is 4.74 Å². The number of thioether (sulfide) groups is 1. The highest BCUT2D eigenvalue weighted by molar-refractivity contribution is 8.03. The Hall–Kier alpha value is -3.18. The molecular weight excluding hydrogens is 340 g/mol. The predicted molar refractivity (Wildman–Crippen MR) is 90.7 cm³/mol. The minimum absolute atomic E-state index is 0.00113. The van der Waals surface area contributed by atoms with Crippen LogP contribution in [-0.4, -0.2) is 35.4 Å². The van der Waals surface area contributed by atoms with E-state index in [1.807, 2.05) is 30.3 Å². The van der Waals surface area contributed by atoms with Crippen molar-refractivity contribution in [2.75, 3.05) is 18.6 Å². The highest BCUT2D eigenvalue weighted by Gasteiger charge is 2.28. The molecule has 0 bridgehead atoms. The van der Waals surface area contributed by atoms with Crippen molar-refractivity contribution in [3.63, 3.8) is 0 Å². The van der Waals surface area contributed by atoms with Gasteiger partial charge in [-0.2, -0.15) is 5.26 Å². The van der Waals surface area contributed by atoms with E-state index >= 15 is 0 Å². The Bertz CT molecular complexity index is 906. The number of carbonyl (C=O) groups excluding carboxylic acids is 2. The highest BCUT2D eigenvalue weighted by Crippen LogP contribution is 2.46. The number of Topliss-reactive ketones (excluding diaryl/α,β-unsaturated/α-hetero) is 1. The van der Waals surface area contributed by atoms with Crippen LogP contribution >= 0.6 is 11.8 Å². The van der Waals surface area contributed by atoms with Gasteiger partial charge in [0.05, 0.1) is 11.9 Å². The molecule has 124 valence electrons. The summed E-state index contributed by atoms with van der Waals surface area (Å²) in [5.74, 6) is -1.33. The maximum Gasteiger partial charge on any atom is 0.358 e. The summed E-state index contributed by atoms with van der Waals surface area (Å²) in [6.07, 6.45) is 4.02. The lowest BCUT2D eigenvalue weighted by atomic mass is 10.2. The molecule has 1 aromatic heterocycles. The third-order valence-electron chi connectivity index (χ3n) is 3.45. The molecule has 0 saturated heterocycles. The third-order valence-corrected chi connectivity index (χ3v) is 4.69. The van der Waals surface area contributed by atoms with E-state index in [0.717, 1.165) is 10.6 Å². The van der Waals surface area contributed by atoms with E-state index in [1.54, 1.807) is 11.9 Å². The van der Waals surface area contributed by atoms with Gasteiger partial charge in [-0.25, -0.2) is 9.78 Å². The van der Waals surface area contributed by atoms with E-state index < -0.39 is 18.4 Å². The summed E-state index contributed by atoms with van der Waals surface area (Å²) in [6, 6.07) is 9.51. The van der Waals surface area contributed by atoms with Crippen LogP contribution in [0.5, 0.6) is 0 Å². The SMILES string of the molecule is CN1/C(=C(\C#N)C(=O)COC(=O)c2cnccn2)Sc2ccccc21. The van der Waals surface area contributed by atoms with Crippen molar-refractivity contribution in [1.82, 2.24) is 9.97 Å². The zero-order chi connectivity index (χ0) is 17.8. The van der Waals surface area contributed by atoms with Crippen molar-refractivity contribution in [2.45, 2.75) is 4.90 Å². The van der Waals surface area contributed by atoms with Crippen molar-refractivity contribution >= 4 is 29.2 Å². The number of rotatable bonds is 4. The lowest BCUT2D eigenvalue weighted by Crippen LogP contribution is -2.20. The number of carbonyl (C=O) groups is 2. The van der Waals surface area contributed by atoms with Crippen LogP contribution in [0.2, 0.25) is 0 Å². The molecule has 1 aliphatic heterocycles. The minimum atomic E-state index is -0.764. The van der Waals surface area contributed by atoms with E-state index in [-0.39, 0.29) is 11.3 Å². The molecule has 8 heteroatoms. The van der Waals surface area contributed by atoms with E-state index in [1.165, 1.54) is 30.4 Å². The number of esters is 1. The van der Waals surface area contributed by atoms with Gasteiger partial charge in [-0.3, -0.25) is 9.78 Å². The standard InChI is InChI=1S/C17H12N4O3S/c1-21-13-4-2-3-5-15(13)25-16(21)11(8-18)14(22)10-24-17(23)12-9-19-6-7-20-12/h2-7,9H,10H2,1H3/b16-11-. The maximum atomic E-state index is 12.4. The smallest absolute Gasteiger partial charge is 0.358 e. The second-order valence-corrected chi connectivity index (χ2v) is 6.04. The molecule has 0 atom stereocenters. The van der Waals surface area contributed by atoms with Crippen LogP contribution in [0.3, 0.4) is 0 Å². The van der Waals surface area contributed by atoms with Crippen molar-refractivity contribution in [3.8, 4) is 6.07 Å². The average Bonchev–Trinajstić information content (AvgIpc) is 2.98. The van der Waals surface area contributed by atoms with E-state index in [9.17, 15) is 14.9 Å².